The maximum absolute atomic E-state index is 12.3. The van der Waals surface area contributed by atoms with Gasteiger partial charge >= 0.3 is 5.97 Å². The van der Waals surface area contributed by atoms with Crippen LogP contribution in [0, 0.1) is 5.41 Å². The Labute approximate surface area is 142 Å². The fourth-order valence-corrected chi connectivity index (χ4v) is 3.30. The molecule has 2 rings (SSSR count). The molecule has 0 radical (unpaired) electrons. The number of esters is 1. The molecule has 5 nitrogen and oxygen atoms in total. The van der Waals surface area contributed by atoms with Crippen LogP contribution in [0.4, 0.5) is 5.69 Å². The molecule has 1 heterocycles. The van der Waals surface area contributed by atoms with Crippen molar-refractivity contribution in [3.05, 3.63) is 22.7 Å². The van der Waals surface area contributed by atoms with Gasteiger partial charge in [-0.15, -0.1) is 0 Å². The van der Waals surface area contributed by atoms with E-state index in [4.69, 9.17) is 26.8 Å². The number of hydrogen-bond donors (Lipinski definition) is 1. The van der Waals surface area contributed by atoms with Gasteiger partial charge < -0.3 is 15.2 Å². The molecule has 1 aliphatic heterocycles. The molecule has 0 spiro atoms. The molecule has 0 aliphatic carbocycles. The van der Waals surface area contributed by atoms with Gasteiger partial charge in [-0.3, -0.25) is 4.90 Å². The Morgan fingerprint density at radius 1 is 1.43 bits per heavy atom. The normalized spacial score (nSPS) is 17.7. The molecule has 2 N–H and O–H groups in total. The van der Waals surface area contributed by atoms with Crippen molar-refractivity contribution in [3.63, 3.8) is 0 Å². The van der Waals surface area contributed by atoms with Crippen molar-refractivity contribution < 1.29 is 14.3 Å². The summed E-state index contributed by atoms with van der Waals surface area (Å²) in [5.74, 6) is -0.161. The van der Waals surface area contributed by atoms with Gasteiger partial charge in [0.1, 0.15) is 12.2 Å². The summed E-state index contributed by atoms with van der Waals surface area (Å²) >= 11 is 5.96. The van der Waals surface area contributed by atoms with Gasteiger partial charge in [-0.2, -0.15) is 0 Å². The van der Waals surface area contributed by atoms with Gasteiger partial charge in [0, 0.05) is 18.1 Å². The summed E-state index contributed by atoms with van der Waals surface area (Å²) < 4.78 is 10.6. The number of likely N-dealkylation sites (tertiary alicyclic amines) is 1. The van der Waals surface area contributed by atoms with Gasteiger partial charge in [0.05, 0.1) is 12.8 Å². The standard InChI is InChI=1S/C17H25ClN2O3/c1-17(2)5-4-6-20(11-17)7-8-23-16(21)13-9-12(18)10-14(19)15(13)22-3/h9-10H,4-8,11,19H2,1-3H3. The predicted octanol–water partition coefficient (Wildman–Crippen LogP) is 3.21. The zero-order chi connectivity index (χ0) is 17.0. The Balaban J connectivity index is 1.93. The van der Waals surface area contributed by atoms with E-state index < -0.39 is 5.97 Å². The number of hydrogen-bond acceptors (Lipinski definition) is 5. The van der Waals surface area contributed by atoms with E-state index in [-0.39, 0.29) is 5.56 Å². The smallest absolute Gasteiger partial charge is 0.342 e. The number of ether oxygens (including phenoxy) is 2. The number of anilines is 1. The number of rotatable bonds is 5. The first-order valence-corrected chi connectivity index (χ1v) is 8.23. The van der Waals surface area contributed by atoms with E-state index in [0.717, 1.165) is 19.6 Å². The molecule has 0 aromatic heterocycles. The summed E-state index contributed by atoms with van der Waals surface area (Å²) in [5.41, 5.74) is 6.73. The number of piperidine rings is 1. The van der Waals surface area contributed by atoms with Gasteiger partial charge in [0.2, 0.25) is 0 Å². The molecular weight excluding hydrogens is 316 g/mol. The molecular formula is C17H25ClN2O3. The molecule has 1 saturated heterocycles. The fourth-order valence-electron chi connectivity index (χ4n) is 3.07. The third kappa shape index (κ3) is 4.75. The van der Waals surface area contributed by atoms with Crippen molar-refractivity contribution in [1.29, 1.82) is 0 Å². The highest BCUT2D eigenvalue weighted by Crippen LogP contribution is 2.31. The second-order valence-corrected chi connectivity index (χ2v) is 7.19. The number of carbonyl (C=O) groups excluding carboxylic acids is 1. The molecule has 1 aromatic carbocycles. The number of nitrogens with two attached hydrogens (primary N) is 1. The van der Waals surface area contributed by atoms with Crippen LogP contribution in [0.15, 0.2) is 12.1 Å². The van der Waals surface area contributed by atoms with E-state index in [0.29, 0.717) is 28.5 Å². The molecule has 0 bridgehead atoms. The third-order valence-corrected chi connectivity index (χ3v) is 4.34. The van der Waals surface area contributed by atoms with Gasteiger partial charge in [-0.05, 0) is 36.9 Å². The maximum Gasteiger partial charge on any atom is 0.342 e. The lowest BCUT2D eigenvalue weighted by Gasteiger charge is -2.37. The second kappa shape index (κ2) is 7.41. The summed E-state index contributed by atoms with van der Waals surface area (Å²) in [6.45, 7) is 7.68. The van der Waals surface area contributed by atoms with Crippen molar-refractivity contribution in [2.75, 3.05) is 39.1 Å². The predicted molar refractivity (Wildman–Crippen MR) is 92.2 cm³/mol. The third-order valence-electron chi connectivity index (χ3n) is 4.13. The number of nitrogen functional groups attached to an aromatic ring is 1. The molecule has 23 heavy (non-hydrogen) atoms. The molecule has 128 valence electrons. The average molecular weight is 341 g/mol. The second-order valence-electron chi connectivity index (χ2n) is 6.76. The van der Waals surface area contributed by atoms with Crippen LogP contribution >= 0.6 is 11.6 Å². The van der Waals surface area contributed by atoms with E-state index in [9.17, 15) is 4.79 Å². The molecule has 0 amide bonds. The van der Waals surface area contributed by atoms with E-state index in [1.165, 1.54) is 26.0 Å². The summed E-state index contributed by atoms with van der Waals surface area (Å²) in [5, 5.41) is 0.382. The highest BCUT2D eigenvalue weighted by Gasteiger charge is 2.26. The van der Waals surface area contributed by atoms with Crippen molar-refractivity contribution in [3.8, 4) is 5.75 Å². The average Bonchev–Trinajstić information content (AvgIpc) is 2.45. The monoisotopic (exact) mass is 340 g/mol. The Hall–Kier alpha value is -1.46. The summed E-state index contributed by atoms with van der Waals surface area (Å²) in [6, 6.07) is 3.07. The minimum atomic E-state index is -0.465. The molecule has 0 atom stereocenters. The van der Waals surface area contributed by atoms with Gasteiger partial charge in [-0.25, -0.2) is 4.79 Å². The molecule has 1 fully saturated rings. The number of halogens is 1. The number of nitrogens with zero attached hydrogens (tertiary/aromatic N) is 1. The van der Waals surface area contributed by atoms with E-state index in [2.05, 4.69) is 18.7 Å². The Kier molecular flexibility index (Phi) is 5.76. The SMILES string of the molecule is COc1c(N)cc(Cl)cc1C(=O)OCCN1CCCC(C)(C)C1. The number of benzene rings is 1. The largest absolute Gasteiger partial charge is 0.494 e. The van der Waals surface area contributed by atoms with Crippen LogP contribution in [0.1, 0.15) is 37.0 Å². The maximum atomic E-state index is 12.3. The van der Waals surface area contributed by atoms with Crippen LogP contribution in [-0.4, -0.2) is 44.2 Å². The van der Waals surface area contributed by atoms with E-state index >= 15 is 0 Å². The molecule has 1 aromatic rings. The lowest BCUT2D eigenvalue weighted by molar-refractivity contribution is 0.0395. The summed E-state index contributed by atoms with van der Waals surface area (Å²) in [7, 11) is 1.46. The Bertz CT molecular complexity index is 575. The topological polar surface area (TPSA) is 64.8 Å². The first-order chi connectivity index (χ1) is 10.8. The highest BCUT2D eigenvalue weighted by atomic mass is 35.5. The molecule has 0 unspecified atom stereocenters. The Morgan fingerprint density at radius 3 is 2.83 bits per heavy atom. The van der Waals surface area contributed by atoms with Crippen LogP contribution in [0.25, 0.3) is 0 Å². The number of carbonyl (C=O) groups is 1. The first-order valence-electron chi connectivity index (χ1n) is 7.85. The van der Waals surface area contributed by atoms with Gasteiger partial charge in [0.15, 0.2) is 5.75 Å². The molecule has 0 saturated carbocycles. The first kappa shape index (κ1) is 17.9. The van der Waals surface area contributed by atoms with Crippen LogP contribution in [0.2, 0.25) is 5.02 Å². The van der Waals surface area contributed by atoms with Crippen LogP contribution in [-0.2, 0) is 4.74 Å². The molecule has 6 heteroatoms. The quantitative estimate of drug-likeness (QED) is 0.658. The minimum absolute atomic E-state index is 0.261. The zero-order valence-electron chi connectivity index (χ0n) is 14.0. The van der Waals surface area contributed by atoms with Crippen LogP contribution < -0.4 is 10.5 Å². The Morgan fingerprint density at radius 2 is 2.17 bits per heavy atom. The van der Waals surface area contributed by atoms with Crippen LogP contribution in [0.5, 0.6) is 5.75 Å². The highest BCUT2D eigenvalue weighted by molar-refractivity contribution is 6.31. The van der Waals surface area contributed by atoms with Gasteiger partial charge in [-0.1, -0.05) is 25.4 Å². The van der Waals surface area contributed by atoms with Crippen molar-refractivity contribution >= 4 is 23.3 Å². The van der Waals surface area contributed by atoms with Gasteiger partial charge in [0.25, 0.3) is 0 Å². The minimum Gasteiger partial charge on any atom is -0.494 e. The lowest BCUT2D eigenvalue weighted by atomic mass is 9.84. The fraction of sp³-hybridized carbons (Fsp3) is 0.588. The van der Waals surface area contributed by atoms with E-state index in [1.807, 2.05) is 0 Å². The lowest BCUT2D eigenvalue weighted by Crippen LogP contribution is -2.41. The van der Waals surface area contributed by atoms with Crippen molar-refractivity contribution in [2.45, 2.75) is 26.7 Å². The summed E-state index contributed by atoms with van der Waals surface area (Å²) in [6.07, 6.45) is 2.42. The molecule has 1 aliphatic rings. The van der Waals surface area contributed by atoms with Crippen LogP contribution in [0.3, 0.4) is 0 Å². The summed E-state index contributed by atoms with van der Waals surface area (Å²) in [4.78, 5) is 14.6. The van der Waals surface area contributed by atoms with E-state index in [1.54, 1.807) is 6.07 Å². The van der Waals surface area contributed by atoms with Crippen molar-refractivity contribution in [1.82, 2.24) is 4.90 Å². The van der Waals surface area contributed by atoms with Crippen molar-refractivity contribution in [2.24, 2.45) is 5.41 Å². The zero-order valence-corrected chi connectivity index (χ0v) is 14.8. The number of methoxy groups -OCH3 is 1.